The van der Waals surface area contributed by atoms with Crippen LogP contribution in [0.1, 0.15) is 73.5 Å². The zero-order valence-electron chi connectivity index (χ0n) is 23.5. The summed E-state index contributed by atoms with van der Waals surface area (Å²) in [5.41, 5.74) is 7.54. The Bertz CT molecular complexity index is 1530. The minimum atomic E-state index is -0.467. The second kappa shape index (κ2) is 11.6. The molecule has 3 atom stereocenters. The second-order valence-corrected chi connectivity index (χ2v) is 11.7. The molecule has 7 rings (SSSR count). The van der Waals surface area contributed by atoms with Crippen LogP contribution in [0.25, 0.3) is 22.7 Å². The standard InChI is InChI=1S/C31H36N8O3/c32-28(40)21-6-3-5-20(15-21)26-17-34-31(41-26)36-25-9-2-1-8-24(25)35-23-7-4-14-39(18-23)27-13-12-22(16-33-27)29-37-30(42-38-29)19-10-11-19/h3,5-6,12-13,15-17,19,23-25,35H,1-2,4,7-11,14,18H2,(H2,32,40)(H,34,36)/t23-,24+,25+/m0/s1. The molecule has 1 aliphatic heterocycles. The van der Waals surface area contributed by atoms with Crippen molar-refractivity contribution in [1.82, 2.24) is 25.4 Å². The van der Waals surface area contributed by atoms with Gasteiger partial charge in [0.15, 0.2) is 5.76 Å². The molecule has 2 saturated carbocycles. The van der Waals surface area contributed by atoms with Crippen molar-refractivity contribution in [3.05, 3.63) is 60.2 Å². The van der Waals surface area contributed by atoms with Crippen LogP contribution in [0, 0.1) is 0 Å². The van der Waals surface area contributed by atoms with E-state index in [1.807, 2.05) is 18.3 Å². The lowest BCUT2D eigenvalue weighted by Gasteiger charge is -2.39. The zero-order valence-corrected chi connectivity index (χ0v) is 23.5. The number of primary amides is 1. The van der Waals surface area contributed by atoms with Crippen LogP contribution >= 0.6 is 0 Å². The Morgan fingerprint density at radius 1 is 0.952 bits per heavy atom. The van der Waals surface area contributed by atoms with Crippen LogP contribution < -0.4 is 21.3 Å². The fourth-order valence-electron chi connectivity index (χ4n) is 6.14. The SMILES string of the molecule is NC(=O)c1cccc(-c2cnc(N[C@@H]3CCCC[C@H]3N[C@H]3CCCN(c4ccc(-c5noc(C6CC6)n5)cn4)C3)o2)c1. The number of nitrogens with zero attached hydrogens (tertiary/aromatic N) is 5. The number of hydrogen-bond acceptors (Lipinski definition) is 10. The quantitative estimate of drug-likeness (QED) is 0.258. The molecule has 0 spiro atoms. The second-order valence-electron chi connectivity index (χ2n) is 11.7. The van der Waals surface area contributed by atoms with Crippen molar-refractivity contribution in [3.8, 4) is 22.7 Å². The van der Waals surface area contributed by atoms with E-state index in [0.717, 1.165) is 74.4 Å². The molecule has 0 radical (unpaired) electrons. The minimum Gasteiger partial charge on any atom is -0.424 e. The molecule has 42 heavy (non-hydrogen) atoms. The third kappa shape index (κ3) is 5.87. The summed E-state index contributed by atoms with van der Waals surface area (Å²) >= 11 is 0. The fourth-order valence-corrected chi connectivity index (χ4v) is 6.14. The highest BCUT2D eigenvalue weighted by Crippen LogP contribution is 2.39. The monoisotopic (exact) mass is 568 g/mol. The Balaban J connectivity index is 0.976. The summed E-state index contributed by atoms with van der Waals surface area (Å²) in [7, 11) is 0. The van der Waals surface area contributed by atoms with E-state index in [4.69, 9.17) is 19.7 Å². The van der Waals surface area contributed by atoms with E-state index < -0.39 is 5.91 Å². The smallest absolute Gasteiger partial charge is 0.295 e. The van der Waals surface area contributed by atoms with Gasteiger partial charge in [0.2, 0.25) is 17.6 Å². The van der Waals surface area contributed by atoms with E-state index in [2.05, 4.69) is 36.7 Å². The van der Waals surface area contributed by atoms with Gasteiger partial charge in [-0.1, -0.05) is 30.1 Å². The van der Waals surface area contributed by atoms with Crippen LogP contribution in [-0.2, 0) is 0 Å². The van der Waals surface area contributed by atoms with Crippen molar-refractivity contribution in [2.24, 2.45) is 5.73 Å². The average molecular weight is 569 g/mol. The van der Waals surface area contributed by atoms with Crippen LogP contribution in [0.4, 0.5) is 11.8 Å². The number of pyridine rings is 1. The van der Waals surface area contributed by atoms with E-state index in [-0.39, 0.29) is 6.04 Å². The van der Waals surface area contributed by atoms with Gasteiger partial charge in [-0.15, -0.1) is 0 Å². The van der Waals surface area contributed by atoms with Gasteiger partial charge in [0.25, 0.3) is 6.01 Å². The largest absolute Gasteiger partial charge is 0.424 e. The van der Waals surface area contributed by atoms with Crippen molar-refractivity contribution < 1.29 is 13.7 Å². The van der Waals surface area contributed by atoms with Gasteiger partial charge in [0.05, 0.1) is 6.20 Å². The summed E-state index contributed by atoms with van der Waals surface area (Å²) in [6.45, 7) is 1.89. The van der Waals surface area contributed by atoms with Gasteiger partial charge >= 0.3 is 0 Å². The Morgan fingerprint density at radius 3 is 2.64 bits per heavy atom. The molecular formula is C31H36N8O3. The highest BCUT2D eigenvalue weighted by atomic mass is 16.5. The van der Waals surface area contributed by atoms with E-state index >= 15 is 0 Å². The predicted octanol–water partition coefficient (Wildman–Crippen LogP) is 4.74. The van der Waals surface area contributed by atoms with Gasteiger partial charge in [0, 0.05) is 60.0 Å². The van der Waals surface area contributed by atoms with Gasteiger partial charge < -0.3 is 30.2 Å². The lowest BCUT2D eigenvalue weighted by Crippen LogP contribution is -2.55. The summed E-state index contributed by atoms with van der Waals surface area (Å²) in [5, 5.41) is 11.7. The molecule has 4 heterocycles. The summed E-state index contributed by atoms with van der Waals surface area (Å²) < 4.78 is 11.5. The van der Waals surface area contributed by atoms with Crippen molar-refractivity contribution in [2.75, 3.05) is 23.3 Å². The Labute approximate surface area is 244 Å². The van der Waals surface area contributed by atoms with Gasteiger partial charge in [-0.25, -0.2) is 9.97 Å². The summed E-state index contributed by atoms with van der Waals surface area (Å²) in [5.74, 6) is 2.91. The third-order valence-electron chi connectivity index (χ3n) is 8.58. The van der Waals surface area contributed by atoms with Crippen molar-refractivity contribution in [1.29, 1.82) is 0 Å². The number of hydrogen-bond donors (Lipinski definition) is 3. The number of nitrogens with two attached hydrogens (primary N) is 1. The Kier molecular flexibility index (Phi) is 7.33. The van der Waals surface area contributed by atoms with Gasteiger partial charge in [-0.05, 0) is 62.8 Å². The van der Waals surface area contributed by atoms with E-state index in [9.17, 15) is 4.79 Å². The molecule has 1 aromatic carbocycles. The number of aromatic nitrogens is 4. The number of nitrogens with one attached hydrogen (secondary N) is 2. The maximum atomic E-state index is 11.6. The predicted molar refractivity (Wildman–Crippen MR) is 158 cm³/mol. The van der Waals surface area contributed by atoms with Gasteiger partial charge in [-0.3, -0.25) is 4.79 Å². The first-order valence-corrected chi connectivity index (χ1v) is 15.0. The third-order valence-corrected chi connectivity index (χ3v) is 8.58. The molecule has 4 aromatic rings. The first kappa shape index (κ1) is 26.6. The number of rotatable bonds is 9. The number of piperidine rings is 1. The minimum absolute atomic E-state index is 0.213. The number of oxazole rings is 1. The molecule has 11 heteroatoms. The average Bonchev–Trinajstić information content (AvgIpc) is 3.56. The summed E-state index contributed by atoms with van der Waals surface area (Å²) in [4.78, 5) is 27.7. The van der Waals surface area contributed by atoms with Crippen LogP contribution in [0.3, 0.4) is 0 Å². The number of anilines is 2. The van der Waals surface area contributed by atoms with Crippen LogP contribution in [0.2, 0.25) is 0 Å². The molecular weight excluding hydrogens is 532 g/mol. The Morgan fingerprint density at radius 2 is 1.83 bits per heavy atom. The summed E-state index contributed by atoms with van der Waals surface area (Å²) in [6.07, 6.45) is 12.6. The Hall–Kier alpha value is -4.25. The van der Waals surface area contributed by atoms with E-state index in [1.165, 1.54) is 12.8 Å². The maximum Gasteiger partial charge on any atom is 0.295 e. The molecule has 3 aliphatic rings. The molecule has 218 valence electrons. The number of carbonyl (C=O) groups excluding carboxylic acids is 1. The van der Waals surface area contributed by atoms with Crippen LogP contribution in [0.5, 0.6) is 0 Å². The van der Waals surface area contributed by atoms with E-state index in [0.29, 0.717) is 41.2 Å². The number of benzene rings is 1. The number of carbonyl (C=O) groups is 1. The first-order chi connectivity index (χ1) is 20.6. The molecule has 4 N–H and O–H groups in total. The lowest BCUT2D eigenvalue weighted by molar-refractivity contribution is 0.100. The van der Waals surface area contributed by atoms with Crippen LogP contribution in [0.15, 0.2) is 57.7 Å². The van der Waals surface area contributed by atoms with Gasteiger partial charge in [0.1, 0.15) is 5.82 Å². The maximum absolute atomic E-state index is 11.6. The molecule has 1 saturated heterocycles. The van der Waals surface area contributed by atoms with Crippen molar-refractivity contribution in [2.45, 2.75) is 75.4 Å². The molecule has 3 fully saturated rings. The van der Waals surface area contributed by atoms with Crippen molar-refractivity contribution >= 4 is 17.7 Å². The fraction of sp³-hybridized carbons (Fsp3) is 0.452. The molecule has 1 amide bonds. The normalized spacial score (nSPS) is 22.7. The topological polar surface area (TPSA) is 148 Å². The molecule has 2 aliphatic carbocycles. The summed E-state index contributed by atoms with van der Waals surface area (Å²) in [6, 6.07) is 12.6. The molecule has 3 aromatic heterocycles. The number of amides is 1. The molecule has 0 unspecified atom stereocenters. The van der Waals surface area contributed by atoms with Crippen LogP contribution in [-0.4, -0.2) is 57.2 Å². The van der Waals surface area contributed by atoms with E-state index in [1.54, 1.807) is 24.4 Å². The molecule has 0 bridgehead atoms. The zero-order chi connectivity index (χ0) is 28.5. The molecule has 11 nitrogen and oxygen atoms in total. The first-order valence-electron chi connectivity index (χ1n) is 15.0. The highest BCUT2D eigenvalue weighted by Gasteiger charge is 2.31. The lowest BCUT2D eigenvalue weighted by atomic mass is 9.89. The highest BCUT2D eigenvalue weighted by molar-refractivity contribution is 5.93. The van der Waals surface area contributed by atoms with Gasteiger partial charge in [-0.2, -0.15) is 4.98 Å². The van der Waals surface area contributed by atoms with Crippen molar-refractivity contribution in [3.63, 3.8) is 0 Å².